The molecule has 1 aromatic heterocycles. The molecule has 0 fully saturated rings. The zero-order valence-corrected chi connectivity index (χ0v) is 12.2. The van der Waals surface area contributed by atoms with E-state index in [0.29, 0.717) is 28.7 Å². The Balaban J connectivity index is 2.26. The van der Waals surface area contributed by atoms with Crippen LogP contribution in [0, 0.1) is 17.2 Å². The predicted molar refractivity (Wildman–Crippen MR) is 77.6 cm³/mol. The van der Waals surface area contributed by atoms with Crippen LogP contribution in [0.2, 0.25) is 5.02 Å². The van der Waals surface area contributed by atoms with Gasteiger partial charge in [0.15, 0.2) is 0 Å². The van der Waals surface area contributed by atoms with E-state index in [2.05, 4.69) is 35.5 Å². The average Bonchev–Trinajstić information content (AvgIpc) is 2.87. The molecule has 0 atom stereocenters. The smallest absolute Gasteiger partial charge is 0.0992 e. The van der Waals surface area contributed by atoms with Crippen molar-refractivity contribution >= 4 is 11.6 Å². The third kappa shape index (κ3) is 3.35. The number of nitrogens with one attached hydrogen (secondary N) is 1. The van der Waals surface area contributed by atoms with Crippen molar-refractivity contribution in [1.82, 2.24) is 20.3 Å². The van der Waals surface area contributed by atoms with Crippen LogP contribution in [0.5, 0.6) is 0 Å². The van der Waals surface area contributed by atoms with Crippen molar-refractivity contribution in [2.45, 2.75) is 20.4 Å². The molecule has 0 saturated heterocycles. The summed E-state index contributed by atoms with van der Waals surface area (Å²) in [5.74, 6) is 0.574. The number of rotatable bonds is 5. The number of aromatic nitrogens is 3. The second-order valence-corrected chi connectivity index (χ2v) is 5.35. The summed E-state index contributed by atoms with van der Waals surface area (Å²) in [6, 6.07) is 7.19. The summed E-state index contributed by atoms with van der Waals surface area (Å²) in [5, 5.41) is 20.8. The second-order valence-electron chi connectivity index (χ2n) is 4.94. The average molecular weight is 290 g/mol. The van der Waals surface area contributed by atoms with Gasteiger partial charge < -0.3 is 5.32 Å². The minimum Gasteiger partial charge on any atom is -0.311 e. The molecule has 5 nitrogen and oxygen atoms in total. The molecule has 0 amide bonds. The van der Waals surface area contributed by atoms with Crippen LogP contribution >= 0.6 is 11.6 Å². The van der Waals surface area contributed by atoms with E-state index in [0.717, 1.165) is 12.2 Å². The van der Waals surface area contributed by atoms with Crippen molar-refractivity contribution in [3.8, 4) is 11.8 Å². The summed E-state index contributed by atoms with van der Waals surface area (Å²) < 4.78 is 1.66. The standard InChI is InChI=1S/C14H16ClN5/c1-10(2)7-17-8-12-9-18-19-20(12)14-5-11(6-16)3-4-13(14)15/h3-5,9-10,17H,7-8H2,1-2H3. The molecule has 6 heteroatoms. The van der Waals surface area contributed by atoms with E-state index in [-0.39, 0.29) is 0 Å². The highest BCUT2D eigenvalue weighted by molar-refractivity contribution is 6.32. The zero-order valence-electron chi connectivity index (χ0n) is 11.5. The largest absolute Gasteiger partial charge is 0.311 e. The number of benzene rings is 1. The SMILES string of the molecule is CC(C)CNCc1cnnn1-c1cc(C#N)ccc1Cl. The maximum atomic E-state index is 8.97. The molecule has 0 spiro atoms. The van der Waals surface area contributed by atoms with Crippen molar-refractivity contribution in [3.63, 3.8) is 0 Å². The second kappa shape index (κ2) is 6.51. The van der Waals surface area contributed by atoms with E-state index in [1.807, 2.05) is 0 Å². The zero-order chi connectivity index (χ0) is 14.5. The molecule has 104 valence electrons. The Morgan fingerprint density at radius 1 is 1.45 bits per heavy atom. The quantitative estimate of drug-likeness (QED) is 0.918. The molecule has 0 aliphatic heterocycles. The van der Waals surface area contributed by atoms with Crippen LogP contribution in [0.3, 0.4) is 0 Å². The fourth-order valence-electron chi connectivity index (χ4n) is 1.81. The number of hydrogen-bond acceptors (Lipinski definition) is 4. The van der Waals surface area contributed by atoms with Crippen LogP contribution in [-0.2, 0) is 6.54 Å². The minimum atomic E-state index is 0.541. The molecular weight excluding hydrogens is 274 g/mol. The predicted octanol–water partition coefficient (Wildman–Crippen LogP) is 2.54. The van der Waals surface area contributed by atoms with Gasteiger partial charge >= 0.3 is 0 Å². The Morgan fingerprint density at radius 2 is 2.25 bits per heavy atom. The van der Waals surface area contributed by atoms with Gasteiger partial charge in [-0.05, 0) is 30.7 Å². The fourth-order valence-corrected chi connectivity index (χ4v) is 2.01. The van der Waals surface area contributed by atoms with Crippen LogP contribution < -0.4 is 5.32 Å². The van der Waals surface area contributed by atoms with Crippen molar-refractivity contribution in [3.05, 3.63) is 40.7 Å². The van der Waals surface area contributed by atoms with Gasteiger partial charge in [0.05, 0.1) is 34.2 Å². The Hall–Kier alpha value is -1.90. The molecular formula is C14H16ClN5. The summed E-state index contributed by atoms with van der Waals surface area (Å²) in [6.45, 7) is 5.86. The summed E-state index contributed by atoms with van der Waals surface area (Å²) in [5.41, 5.74) is 2.12. The number of nitriles is 1. The molecule has 2 rings (SSSR count). The molecule has 1 aromatic carbocycles. The van der Waals surface area contributed by atoms with E-state index in [1.165, 1.54) is 0 Å². The highest BCUT2D eigenvalue weighted by Crippen LogP contribution is 2.22. The van der Waals surface area contributed by atoms with Crippen LogP contribution in [0.1, 0.15) is 25.1 Å². The Labute approximate surface area is 123 Å². The Bertz CT molecular complexity index is 627. The molecule has 1 N–H and O–H groups in total. The van der Waals surface area contributed by atoms with E-state index in [9.17, 15) is 0 Å². The van der Waals surface area contributed by atoms with E-state index < -0.39 is 0 Å². The number of halogens is 1. The van der Waals surface area contributed by atoms with Crippen molar-refractivity contribution < 1.29 is 0 Å². The molecule has 0 bridgehead atoms. The van der Waals surface area contributed by atoms with Gasteiger partial charge in [-0.3, -0.25) is 0 Å². The van der Waals surface area contributed by atoms with Crippen molar-refractivity contribution in [2.75, 3.05) is 6.54 Å². The lowest BCUT2D eigenvalue weighted by Gasteiger charge is -2.10. The minimum absolute atomic E-state index is 0.541. The van der Waals surface area contributed by atoms with Gasteiger partial charge in [-0.2, -0.15) is 5.26 Å². The van der Waals surface area contributed by atoms with Crippen LogP contribution in [0.15, 0.2) is 24.4 Å². The molecule has 20 heavy (non-hydrogen) atoms. The third-order valence-corrected chi connectivity index (χ3v) is 3.10. The lowest BCUT2D eigenvalue weighted by molar-refractivity contribution is 0.542. The van der Waals surface area contributed by atoms with Gasteiger partial charge in [-0.15, -0.1) is 5.10 Å². The molecule has 0 unspecified atom stereocenters. The lowest BCUT2D eigenvalue weighted by Crippen LogP contribution is -2.20. The molecule has 0 aliphatic rings. The highest BCUT2D eigenvalue weighted by atomic mass is 35.5. The number of hydrogen-bond donors (Lipinski definition) is 1. The third-order valence-electron chi connectivity index (χ3n) is 2.78. The van der Waals surface area contributed by atoms with Crippen molar-refractivity contribution in [1.29, 1.82) is 5.26 Å². The van der Waals surface area contributed by atoms with Gasteiger partial charge in [-0.1, -0.05) is 30.7 Å². The summed E-state index contributed by atoms with van der Waals surface area (Å²) in [7, 11) is 0. The van der Waals surface area contributed by atoms with Crippen LogP contribution in [-0.4, -0.2) is 21.5 Å². The summed E-state index contributed by atoms with van der Waals surface area (Å²) in [4.78, 5) is 0. The Morgan fingerprint density at radius 3 is 2.95 bits per heavy atom. The van der Waals surface area contributed by atoms with Gasteiger partial charge in [0.25, 0.3) is 0 Å². The first-order valence-corrected chi connectivity index (χ1v) is 6.80. The van der Waals surface area contributed by atoms with Gasteiger partial charge in [0.2, 0.25) is 0 Å². The lowest BCUT2D eigenvalue weighted by atomic mass is 10.2. The van der Waals surface area contributed by atoms with Crippen LogP contribution in [0.25, 0.3) is 5.69 Å². The summed E-state index contributed by atoms with van der Waals surface area (Å²) >= 11 is 6.18. The fraction of sp³-hybridized carbons (Fsp3) is 0.357. The highest BCUT2D eigenvalue weighted by Gasteiger charge is 2.10. The first kappa shape index (κ1) is 14.5. The van der Waals surface area contributed by atoms with E-state index in [4.69, 9.17) is 16.9 Å². The molecule has 0 radical (unpaired) electrons. The first-order chi connectivity index (χ1) is 9.61. The maximum absolute atomic E-state index is 8.97. The van der Waals surface area contributed by atoms with Gasteiger partial charge in [-0.25, -0.2) is 4.68 Å². The molecule has 0 saturated carbocycles. The molecule has 0 aliphatic carbocycles. The van der Waals surface area contributed by atoms with E-state index in [1.54, 1.807) is 29.1 Å². The van der Waals surface area contributed by atoms with E-state index >= 15 is 0 Å². The Kier molecular flexibility index (Phi) is 4.72. The molecule has 2 aromatic rings. The van der Waals surface area contributed by atoms with Crippen LogP contribution in [0.4, 0.5) is 0 Å². The first-order valence-electron chi connectivity index (χ1n) is 6.42. The maximum Gasteiger partial charge on any atom is 0.0992 e. The molecule has 1 heterocycles. The monoisotopic (exact) mass is 289 g/mol. The normalized spacial score (nSPS) is 10.8. The number of nitrogens with zero attached hydrogens (tertiary/aromatic N) is 4. The van der Waals surface area contributed by atoms with Crippen molar-refractivity contribution in [2.24, 2.45) is 5.92 Å². The topological polar surface area (TPSA) is 66.5 Å². The van der Waals surface area contributed by atoms with Gasteiger partial charge in [0.1, 0.15) is 0 Å². The summed E-state index contributed by atoms with van der Waals surface area (Å²) in [6.07, 6.45) is 1.70. The van der Waals surface area contributed by atoms with Gasteiger partial charge in [0, 0.05) is 6.54 Å².